The Morgan fingerprint density at radius 2 is 1.74 bits per heavy atom. The number of phenols is 1. The van der Waals surface area contributed by atoms with E-state index in [-0.39, 0.29) is 38.9 Å². The predicted octanol–water partition coefficient (Wildman–Crippen LogP) is 4.46. The fourth-order valence-electron chi connectivity index (χ4n) is 5.83. The molecule has 2 aliphatic rings. The molecule has 10 heteroatoms. The van der Waals surface area contributed by atoms with E-state index in [4.69, 9.17) is 11.6 Å². The van der Waals surface area contributed by atoms with Gasteiger partial charge in [0.15, 0.2) is 0 Å². The van der Waals surface area contributed by atoms with Crippen LogP contribution in [0.25, 0.3) is 27.9 Å². The molecular weight excluding hydrogens is 521 g/mol. The highest BCUT2D eigenvalue weighted by Gasteiger charge is 2.47. The summed E-state index contributed by atoms with van der Waals surface area (Å²) >= 11 is 6.52. The normalized spacial score (nSPS) is 19.5. The van der Waals surface area contributed by atoms with Gasteiger partial charge in [-0.25, -0.2) is 14.2 Å². The molecule has 0 radical (unpaired) electrons. The number of benzene rings is 2. The zero-order chi connectivity index (χ0) is 27.5. The molecule has 0 aliphatic carbocycles. The van der Waals surface area contributed by atoms with Crippen molar-refractivity contribution in [3.63, 3.8) is 0 Å². The minimum atomic E-state index is -0.541. The van der Waals surface area contributed by atoms with Gasteiger partial charge in [0.1, 0.15) is 17.4 Å². The maximum Gasteiger partial charge on any atom is 0.332 e. The smallest absolute Gasteiger partial charge is 0.332 e. The molecule has 0 saturated carbocycles. The van der Waals surface area contributed by atoms with Crippen LogP contribution >= 0.6 is 11.6 Å². The first-order chi connectivity index (χ1) is 18.6. The maximum atomic E-state index is 14.9. The summed E-state index contributed by atoms with van der Waals surface area (Å²) in [5, 5.41) is 11.5. The molecule has 2 aliphatic heterocycles. The zero-order valence-corrected chi connectivity index (χ0v) is 22.3. The Balaban J connectivity index is 1.36. The van der Waals surface area contributed by atoms with Gasteiger partial charge >= 0.3 is 5.69 Å². The first kappa shape index (κ1) is 25.3. The lowest BCUT2D eigenvalue weighted by molar-refractivity contribution is -0.117. The first-order valence-electron chi connectivity index (χ1n) is 12.7. The molecule has 1 N–H and O–H groups in total. The summed E-state index contributed by atoms with van der Waals surface area (Å²) in [6, 6.07) is 10.8. The van der Waals surface area contributed by atoms with Crippen LogP contribution in [0.4, 0.5) is 10.2 Å². The number of amides is 1. The number of hydrogen-bond acceptors (Lipinski definition) is 5. The third-order valence-corrected chi connectivity index (χ3v) is 8.13. The number of aryl methyl sites for hydroxylation is 1. The number of phenolic OH excluding ortho intramolecular Hbond substituents is 1. The largest absolute Gasteiger partial charge is 0.507 e. The standard InChI is InChI=1S/C29H27ClFN5O3/c1-33-8-6-29(16-33)15-26(37)36(17-29)25-12-19(5-7-32-25)22-14-20(31)13-21(27(22)38)18-3-4-24(23(30)11-18)35-10-9-34(2)28(35)39/h3-5,7,9-14,38H,6,8,15-17H2,1-2H3. The van der Waals surface area contributed by atoms with E-state index in [1.165, 1.54) is 21.3 Å². The van der Waals surface area contributed by atoms with Crippen LogP contribution in [0.1, 0.15) is 12.8 Å². The summed E-state index contributed by atoms with van der Waals surface area (Å²) in [5.41, 5.74) is 1.70. The van der Waals surface area contributed by atoms with Crippen LogP contribution < -0.4 is 10.6 Å². The Labute approximate surface area is 229 Å². The number of pyridine rings is 1. The first-order valence-corrected chi connectivity index (χ1v) is 13.0. The lowest BCUT2D eigenvalue weighted by atomic mass is 9.86. The van der Waals surface area contributed by atoms with Gasteiger partial charge in [0.2, 0.25) is 5.91 Å². The molecule has 2 fully saturated rings. The molecule has 4 heterocycles. The number of imidazole rings is 1. The van der Waals surface area contributed by atoms with Crippen molar-refractivity contribution in [2.45, 2.75) is 12.8 Å². The topological polar surface area (TPSA) is 83.6 Å². The Morgan fingerprint density at radius 1 is 1.00 bits per heavy atom. The van der Waals surface area contributed by atoms with Crippen molar-refractivity contribution in [3.05, 3.63) is 82.4 Å². The fraction of sp³-hybridized carbons (Fsp3) is 0.276. The van der Waals surface area contributed by atoms with E-state index < -0.39 is 5.82 Å². The molecular formula is C29H27ClFN5O3. The van der Waals surface area contributed by atoms with Crippen molar-refractivity contribution in [2.75, 3.05) is 31.6 Å². The van der Waals surface area contributed by atoms with Gasteiger partial charge in [-0.15, -0.1) is 0 Å². The Hall–Kier alpha value is -3.95. The van der Waals surface area contributed by atoms with Crippen molar-refractivity contribution >= 4 is 23.3 Å². The molecule has 1 spiro atoms. The van der Waals surface area contributed by atoms with Gasteiger partial charge in [-0.1, -0.05) is 17.7 Å². The molecule has 8 nitrogen and oxygen atoms in total. The SMILES string of the molecule is CN1CCC2(CC(=O)N(c3cc(-c4cc(F)cc(-c5ccc(-n6ccn(C)c6=O)c(Cl)c5)c4O)ccn3)C2)C1. The number of hydrogen-bond donors (Lipinski definition) is 1. The monoisotopic (exact) mass is 547 g/mol. The number of nitrogens with zero attached hydrogens (tertiary/aromatic N) is 5. The molecule has 0 bridgehead atoms. The number of aromatic hydroxyl groups is 1. The van der Waals surface area contributed by atoms with Gasteiger partial charge < -0.3 is 14.6 Å². The molecule has 2 aromatic heterocycles. The second-order valence-electron chi connectivity index (χ2n) is 10.6. The van der Waals surface area contributed by atoms with Gasteiger partial charge in [-0.2, -0.15) is 0 Å². The minimum absolute atomic E-state index is 0.0198. The summed E-state index contributed by atoms with van der Waals surface area (Å²) in [7, 11) is 3.70. The average Bonchev–Trinajstić information content (AvgIpc) is 3.56. The number of halogens is 2. The van der Waals surface area contributed by atoms with Crippen LogP contribution in [0, 0.1) is 11.2 Å². The van der Waals surface area contributed by atoms with E-state index in [2.05, 4.69) is 16.9 Å². The lowest BCUT2D eigenvalue weighted by Gasteiger charge is -2.23. The van der Waals surface area contributed by atoms with E-state index in [0.29, 0.717) is 35.6 Å². The molecule has 39 heavy (non-hydrogen) atoms. The third-order valence-electron chi connectivity index (χ3n) is 7.82. The second-order valence-corrected chi connectivity index (χ2v) is 11.0. The molecule has 4 aromatic rings. The zero-order valence-electron chi connectivity index (χ0n) is 21.6. The molecule has 2 aromatic carbocycles. The number of rotatable bonds is 4. The van der Waals surface area contributed by atoms with Gasteiger partial charge in [0.05, 0.1) is 10.7 Å². The van der Waals surface area contributed by atoms with Crippen LogP contribution in [0.15, 0.2) is 65.8 Å². The number of likely N-dealkylation sites (tertiary alicyclic amines) is 1. The molecule has 200 valence electrons. The number of anilines is 1. The molecule has 1 unspecified atom stereocenters. The van der Waals surface area contributed by atoms with Gasteiger partial charge in [0.25, 0.3) is 0 Å². The summed E-state index contributed by atoms with van der Waals surface area (Å²) in [6.45, 7) is 2.41. The third kappa shape index (κ3) is 4.41. The van der Waals surface area contributed by atoms with Crippen molar-refractivity contribution in [1.82, 2.24) is 19.0 Å². The van der Waals surface area contributed by atoms with Crippen molar-refractivity contribution < 1.29 is 14.3 Å². The summed E-state index contributed by atoms with van der Waals surface area (Å²) in [6.07, 6.45) is 6.24. The van der Waals surface area contributed by atoms with E-state index >= 15 is 0 Å². The number of carbonyl (C=O) groups excluding carboxylic acids is 1. The maximum absolute atomic E-state index is 14.9. The Kier molecular flexibility index (Phi) is 6.08. The molecule has 1 amide bonds. The van der Waals surface area contributed by atoms with Crippen molar-refractivity contribution in [2.24, 2.45) is 12.5 Å². The Morgan fingerprint density at radius 3 is 2.38 bits per heavy atom. The van der Waals surface area contributed by atoms with Crippen molar-refractivity contribution in [1.29, 1.82) is 0 Å². The number of aromatic nitrogens is 3. The average molecular weight is 548 g/mol. The highest BCUT2D eigenvalue weighted by molar-refractivity contribution is 6.32. The molecule has 6 rings (SSSR count). The molecule has 2 saturated heterocycles. The van der Waals surface area contributed by atoms with Crippen molar-refractivity contribution in [3.8, 4) is 33.7 Å². The van der Waals surface area contributed by atoms with Gasteiger partial charge in [0, 0.05) is 61.7 Å². The van der Waals surface area contributed by atoms with E-state index in [1.54, 1.807) is 60.9 Å². The quantitative estimate of drug-likeness (QED) is 0.408. The Bertz CT molecular complexity index is 1680. The van der Waals surface area contributed by atoms with E-state index in [9.17, 15) is 19.1 Å². The predicted molar refractivity (Wildman–Crippen MR) is 148 cm³/mol. The number of carbonyl (C=O) groups is 1. The van der Waals surface area contributed by atoms with Gasteiger partial charge in [-0.3, -0.25) is 14.3 Å². The fourth-order valence-corrected chi connectivity index (χ4v) is 6.10. The van der Waals surface area contributed by atoms with E-state index in [1.807, 2.05) is 0 Å². The van der Waals surface area contributed by atoms with Gasteiger partial charge in [-0.05, 0) is 67.5 Å². The van der Waals surface area contributed by atoms with Crippen LogP contribution in [-0.2, 0) is 11.8 Å². The highest BCUT2D eigenvalue weighted by Crippen LogP contribution is 2.43. The van der Waals surface area contributed by atoms with Crippen LogP contribution in [0.3, 0.4) is 0 Å². The summed E-state index contributed by atoms with van der Waals surface area (Å²) in [4.78, 5) is 33.7. The van der Waals surface area contributed by atoms with Crippen LogP contribution in [0.5, 0.6) is 5.75 Å². The lowest BCUT2D eigenvalue weighted by Crippen LogP contribution is -2.30. The second kappa shape index (κ2) is 9.36. The summed E-state index contributed by atoms with van der Waals surface area (Å²) < 4.78 is 17.7. The summed E-state index contributed by atoms with van der Waals surface area (Å²) in [5.74, 6) is -0.169. The minimum Gasteiger partial charge on any atom is -0.507 e. The van der Waals surface area contributed by atoms with Crippen LogP contribution in [0.2, 0.25) is 5.02 Å². The molecule has 1 atom stereocenters. The highest BCUT2D eigenvalue weighted by atomic mass is 35.5. The van der Waals surface area contributed by atoms with Crippen LogP contribution in [-0.4, -0.2) is 56.7 Å². The van der Waals surface area contributed by atoms with E-state index in [0.717, 1.165) is 19.5 Å².